The first kappa shape index (κ1) is 13.5. The summed E-state index contributed by atoms with van der Waals surface area (Å²) in [7, 11) is 3.69. The Balaban J connectivity index is 2.57. The minimum atomic E-state index is 0.702. The van der Waals surface area contributed by atoms with Crippen molar-refractivity contribution in [3.05, 3.63) is 28.2 Å². The first-order valence-electron chi connectivity index (χ1n) is 5.64. The van der Waals surface area contributed by atoms with Crippen molar-refractivity contribution in [2.45, 2.75) is 19.8 Å². The third kappa shape index (κ3) is 4.14. The van der Waals surface area contributed by atoms with Crippen LogP contribution in [0.5, 0.6) is 5.75 Å². The molecule has 90 valence electrons. The summed E-state index contributed by atoms with van der Waals surface area (Å²) in [6.45, 7) is 3.37. The van der Waals surface area contributed by atoms with Crippen LogP contribution in [0.15, 0.2) is 22.7 Å². The Hall–Kier alpha value is -0.540. The van der Waals surface area contributed by atoms with Crippen LogP contribution in [0.25, 0.3) is 0 Å². The van der Waals surface area contributed by atoms with Gasteiger partial charge in [-0.05, 0) is 66.0 Å². The first-order chi connectivity index (χ1) is 7.67. The van der Waals surface area contributed by atoms with Crippen molar-refractivity contribution < 1.29 is 4.74 Å². The van der Waals surface area contributed by atoms with Crippen LogP contribution >= 0.6 is 15.9 Å². The summed E-state index contributed by atoms with van der Waals surface area (Å²) in [6, 6.07) is 6.30. The van der Waals surface area contributed by atoms with E-state index < -0.39 is 0 Å². The van der Waals surface area contributed by atoms with Gasteiger partial charge in [0.1, 0.15) is 5.75 Å². The lowest BCUT2D eigenvalue weighted by Gasteiger charge is -2.12. The van der Waals surface area contributed by atoms with Gasteiger partial charge in [0.25, 0.3) is 0 Å². The second-order valence-corrected chi connectivity index (χ2v) is 5.02. The van der Waals surface area contributed by atoms with Crippen molar-refractivity contribution in [2.24, 2.45) is 5.92 Å². The lowest BCUT2D eigenvalue weighted by Crippen LogP contribution is -2.12. The molecule has 1 N–H and O–H groups in total. The zero-order chi connectivity index (χ0) is 12.0. The summed E-state index contributed by atoms with van der Waals surface area (Å²) < 4.78 is 6.25. The van der Waals surface area contributed by atoms with Crippen LogP contribution in [-0.2, 0) is 6.42 Å². The second-order valence-electron chi connectivity index (χ2n) is 4.17. The van der Waals surface area contributed by atoms with Gasteiger partial charge >= 0.3 is 0 Å². The van der Waals surface area contributed by atoms with Gasteiger partial charge in [-0.1, -0.05) is 13.0 Å². The van der Waals surface area contributed by atoms with Gasteiger partial charge in [0.2, 0.25) is 0 Å². The molecule has 1 rings (SSSR count). The van der Waals surface area contributed by atoms with Crippen LogP contribution in [0.2, 0.25) is 0 Å². The highest BCUT2D eigenvalue weighted by Gasteiger charge is 2.06. The molecule has 0 heterocycles. The fourth-order valence-electron chi connectivity index (χ4n) is 1.73. The Morgan fingerprint density at radius 3 is 2.75 bits per heavy atom. The summed E-state index contributed by atoms with van der Waals surface area (Å²) in [5, 5.41) is 3.18. The van der Waals surface area contributed by atoms with Crippen LogP contribution < -0.4 is 10.1 Å². The topological polar surface area (TPSA) is 21.3 Å². The van der Waals surface area contributed by atoms with E-state index in [-0.39, 0.29) is 0 Å². The van der Waals surface area contributed by atoms with E-state index in [4.69, 9.17) is 4.74 Å². The lowest BCUT2D eigenvalue weighted by molar-refractivity contribution is 0.411. The molecule has 3 heteroatoms. The van der Waals surface area contributed by atoms with E-state index in [9.17, 15) is 0 Å². The minimum absolute atomic E-state index is 0.702. The Morgan fingerprint density at radius 2 is 2.19 bits per heavy atom. The number of benzene rings is 1. The third-order valence-electron chi connectivity index (χ3n) is 2.69. The summed E-state index contributed by atoms with van der Waals surface area (Å²) in [4.78, 5) is 0. The molecule has 0 bridgehead atoms. The van der Waals surface area contributed by atoms with Gasteiger partial charge in [0.15, 0.2) is 0 Å². The molecular weight excluding hydrogens is 266 g/mol. The highest BCUT2D eigenvalue weighted by molar-refractivity contribution is 9.10. The van der Waals surface area contributed by atoms with Crippen LogP contribution in [0.4, 0.5) is 0 Å². The molecule has 0 aromatic heterocycles. The van der Waals surface area contributed by atoms with Crippen molar-refractivity contribution in [3.63, 3.8) is 0 Å². The predicted octanol–water partition coefficient (Wildman–Crippen LogP) is 3.25. The van der Waals surface area contributed by atoms with E-state index >= 15 is 0 Å². The molecule has 0 aliphatic carbocycles. The normalized spacial score (nSPS) is 12.5. The maximum atomic E-state index is 5.21. The average molecular weight is 286 g/mol. The van der Waals surface area contributed by atoms with Gasteiger partial charge in [0.05, 0.1) is 11.6 Å². The molecule has 0 saturated heterocycles. The Labute approximate surface area is 107 Å². The quantitative estimate of drug-likeness (QED) is 0.866. The number of halogens is 1. The number of ether oxygens (including phenoxy) is 1. The molecule has 16 heavy (non-hydrogen) atoms. The van der Waals surface area contributed by atoms with Crippen molar-refractivity contribution in [2.75, 3.05) is 20.7 Å². The van der Waals surface area contributed by atoms with Crippen LogP contribution in [0.3, 0.4) is 0 Å². The molecular formula is C13H20BrNO. The molecule has 1 aromatic rings. The fourth-order valence-corrected chi connectivity index (χ4v) is 2.32. The summed E-state index contributed by atoms with van der Waals surface area (Å²) in [6.07, 6.45) is 2.32. The molecule has 1 unspecified atom stereocenters. The van der Waals surface area contributed by atoms with Crippen LogP contribution in [-0.4, -0.2) is 20.7 Å². The monoisotopic (exact) mass is 285 g/mol. The van der Waals surface area contributed by atoms with Gasteiger partial charge in [-0.2, -0.15) is 0 Å². The van der Waals surface area contributed by atoms with Gasteiger partial charge in [-0.3, -0.25) is 0 Å². The van der Waals surface area contributed by atoms with Crippen molar-refractivity contribution in [1.82, 2.24) is 5.32 Å². The number of hydrogen-bond acceptors (Lipinski definition) is 2. The SMILES string of the molecule is CNCCC(C)Cc1ccc(OC)c(Br)c1. The fraction of sp³-hybridized carbons (Fsp3) is 0.538. The predicted molar refractivity (Wildman–Crippen MR) is 72.1 cm³/mol. The summed E-state index contributed by atoms with van der Waals surface area (Å²) >= 11 is 3.51. The Bertz CT molecular complexity index is 328. The van der Waals surface area contributed by atoms with Gasteiger partial charge < -0.3 is 10.1 Å². The van der Waals surface area contributed by atoms with E-state index in [2.05, 4.69) is 40.3 Å². The zero-order valence-electron chi connectivity index (χ0n) is 10.2. The minimum Gasteiger partial charge on any atom is -0.496 e. The third-order valence-corrected chi connectivity index (χ3v) is 3.31. The van der Waals surface area contributed by atoms with Crippen molar-refractivity contribution >= 4 is 15.9 Å². The molecule has 0 amide bonds. The van der Waals surface area contributed by atoms with Crippen LogP contribution in [0, 0.1) is 5.92 Å². The smallest absolute Gasteiger partial charge is 0.133 e. The largest absolute Gasteiger partial charge is 0.496 e. The number of rotatable bonds is 6. The van der Waals surface area contributed by atoms with Gasteiger partial charge in [-0.15, -0.1) is 0 Å². The molecule has 0 spiro atoms. The van der Waals surface area contributed by atoms with Gasteiger partial charge in [0, 0.05) is 0 Å². The van der Waals surface area contributed by atoms with Gasteiger partial charge in [-0.25, -0.2) is 0 Å². The maximum Gasteiger partial charge on any atom is 0.133 e. The number of hydrogen-bond donors (Lipinski definition) is 1. The van der Waals surface area contributed by atoms with Crippen LogP contribution in [0.1, 0.15) is 18.9 Å². The zero-order valence-corrected chi connectivity index (χ0v) is 11.8. The first-order valence-corrected chi connectivity index (χ1v) is 6.43. The molecule has 0 saturated carbocycles. The Morgan fingerprint density at radius 1 is 1.44 bits per heavy atom. The molecule has 2 nitrogen and oxygen atoms in total. The van der Waals surface area contributed by atoms with Crippen molar-refractivity contribution in [3.8, 4) is 5.75 Å². The average Bonchev–Trinajstić information content (AvgIpc) is 2.26. The molecule has 0 radical (unpaired) electrons. The summed E-state index contributed by atoms with van der Waals surface area (Å²) in [5.41, 5.74) is 1.36. The summed E-state index contributed by atoms with van der Waals surface area (Å²) in [5.74, 6) is 1.60. The van der Waals surface area contributed by atoms with E-state index in [0.29, 0.717) is 5.92 Å². The molecule has 1 atom stereocenters. The molecule has 0 aliphatic heterocycles. The maximum absolute atomic E-state index is 5.21. The van der Waals surface area contributed by atoms with E-state index in [1.807, 2.05) is 13.1 Å². The van der Waals surface area contributed by atoms with E-state index in [0.717, 1.165) is 23.2 Å². The van der Waals surface area contributed by atoms with Crippen molar-refractivity contribution in [1.29, 1.82) is 0 Å². The molecule has 0 aliphatic rings. The highest BCUT2D eigenvalue weighted by Crippen LogP contribution is 2.26. The highest BCUT2D eigenvalue weighted by atomic mass is 79.9. The molecule has 1 aromatic carbocycles. The molecule has 0 fully saturated rings. The van der Waals surface area contributed by atoms with E-state index in [1.165, 1.54) is 12.0 Å². The second kappa shape index (κ2) is 6.92. The lowest BCUT2D eigenvalue weighted by atomic mass is 9.98. The number of nitrogens with one attached hydrogen (secondary N) is 1. The number of methoxy groups -OCH3 is 1. The van der Waals surface area contributed by atoms with E-state index in [1.54, 1.807) is 7.11 Å². The Kier molecular flexibility index (Phi) is 5.85. The standard InChI is InChI=1S/C13H20BrNO/c1-10(6-7-15-2)8-11-4-5-13(16-3)12(14)9-11/h4-5,9-10,15H,6-8H2,1-3H3.